The standard InChI is InChI=1S/C16H15ClN2O2/c1-10-2-7-13(14(20)18-10)15(21)19-16(8-9-16)11-3-5-12(17)6-4-11/h2-7H,8-9H2,1H3,(H,18,20)(H,19,21). The Hall–Kier alpha value is -2.07. The lowest BCUT2D eigenvalue weighted by Crippen LogP contribution is -2.37. The summed E-state index contributed by atoms with van der Waals surface area (Å²) in [6, 6.07) is 10.7. The molecule has 0 aliphatic heterocycles. The molecule has 1 aliphatic rings. The highest BCUT2D eigenvalue weighted by Gasteiger charge is 2.45. The molecule has 0 saturated heterocycles. The summed E-state index contributed by atoms with van der Waals surface area (Å²) < 4.78 is 0. The first kappa shape index (κ1) is 13.9. The van der Waals surface area contributed by atoms with Gasteiger partial charge in [-0.25, -0.2) is 0 Å². The van der Waals surface area contributed by atoms with E-state index in [1.807, 2.05) is 24.3 Å². The number of amides is 1. The van der Waals surface area contributed by atoms with E-state index < -0.39 is 0 Å². The summed E-state index contributed by atoms with van der Waals surface area (Å²) in [7, 11) is 0. The van der Waals surface area contributed by atoms with Crippen molar-refractivity contribution in [2.24, 2.45) is 0 Å². The van der Waals surface area contributed by atoms with Gasteiger partial charge in [0.15, 0.2) is 0 Å². The van der Waals surface area contributed by atoms with Crippen LogP contribution in [0, 0.1) is 6.92 Å². The lowest BCUT2D eigenvalue weighted by atomic mass is 10.0. The Morgan fingerprint density at radius 1 is 1.19 bits per heavy atom. The average molecular weight is 303 g/mol. The second kappa shape index (κ2) is 5.04. The van der Waals surface area contributed by atoms with Gasteiger partial charge in [0, 0.05) is 10.7 Å². The summed E-state index contributed by atoms with van der Waals surface area (Å²) in [5.74, 6) is -0.344. The number of benzene rings is 1. The van der Waals surface area contributed by atoms with Crippen molar-refractivity contribution < 1.29 is 4.79 Å². The van der Waals surface area contributed by atoms with Gasteiger partial charge in [-0.3, -0.25) is 9.59 Å². The van der Waals surface area contributed by atoms with Gasteiger partial charge in [-0.1, -0.05) is 23.7 Å². The molecule has 1 amide bonds. The quantitative estimate of drug-likeness (QED) is 0.916. The zero-order valence-electron chi connectivity index (χ0n) is 11.6. The number of halogens is 1. The summed E-state index contributed by atoms with van der Waals surface area (Å²) >= 11 is 5.89. The predicted molar refractivity (Wildman–Crippen MR) is 81.6 cm³/mol. The van der Waals surface area contributed by atoms with E-state index in [-0.39, 0.29) is 22.6 Å². The SMILES string of the molecule is Cc1ccc(C(=O)NC2(c3ccc(Cl)cc3)CC2)c(=O)[nH]1. The van der Waals surface area contributed by atoms with Crippen LogP contribution in [0.3, 0.4) is 0 Å². The van der Waals surface area contributed by atoms with Crippen molar-refractivity contribution in [2.45, 2.75) is 25.3 Å². The largest absolute Gasteiger partial charge is 0.342 e. The highest BCUT2D eigenvalue weighted by Crippen LogP contribution is 2.45. The molecule has 108 valence electrons. The first-order valence-corrected chi connectivity index (χ1v) is 7.16. The van der Waals surface area contributed by atoms with Crippen LogP contribution < -0.4 is 10.9 Å². The molecular formula is C16H15ClN2O2. The third-order valence-corrected chi connectivity index (χ3v) is 4.05. The van der Waals surface area contributed by atoms with E-state index in [4.69, 9.17) is 11.6 Å². The Morgan fingerprint density at radius 3 is 2.43 bits per heavy atom. The Kier molecular flexibility index (Phi) is 3.33. The van der Waals surface area contributed by atoms with Crippen molar-refractivity contribution in [2.75, 3.05) is 0 Å². The number of hydrogen-bond donors (Lipinski definition) is 2. The van der Waals surface area contributed by atoms with E-state index in [0.717, 1.165) is 24.1 Å². The zero-order valence-corrected chi connectivity index (χ0v) is 12.3. The van der Waals surface area contributed by atoms with Crippen molar-refractivity contribution in [3.8, 4) is 0 Å². The van der Waals surface area contributed by atoms with Crippen LogP contribution in [0.15, 0.2) is 41.2 Å². The molecule has 1 saturated carbocycles. The van der Waals surface area contributed by atoms with Crippen molar-refractivity contribution in [3.05, 3.63) is 68.6 Å². The van der Waals surface area contributed by atoms with Gasteiger partial charge in [-0.2, -0.15) is 0 Å². The number of aryl methyl sites for hydroxylation is 1. The second-order valence-electron chi connectivity index (χ2n) is 5.43. The number of H-pyrrole nitrogens is 1. The highest BCUT2D eigenvalue weighted by atomic mass is 35.5. The summed E-state index contributed by atoms with van der Waals surface area (Å²) in [4.78, 5) is 26.8. The summed E-state index contributed by atoms with van der Waals surface area (Å²) in [5, 5.41) is 3.64. The van der Waals surface area contributed by atoms with E-state index in [0.29, 0.717) is 5.02 Å². The van der Waals surface area contributed by atoms with Crippen LogP contribution in [0.25, 0.3) is 0 Å². The van der Waals surface area contributed by atoms with E-state index in [1.54, 1.807) is 19.1 Å². The minimum Gasteiger partial charge on any atom is -0.342 e. The van der Waals surface area contributed by atoms with Gasteiger partial charge in [-0.15, -0.1) is 0 Å². The van der Waals surface area contributed by atoms with Gasteiger partial charge in [0.25, 0.3) is 11.5 Å². The van der Waals surface area contributed by atoms with Gasteiger partial charge < -0.3 is 10.3 Å². The number of nitrogens with one attached hydrogen (secondary N) is 2. The second-order valence-corrected chi connectivity index (χ2v) is 5.86. The minimum absolute atomic E-state index is 0.140. The van der Waals surface area contributed by atoms with E-state index >= 15 is 0 Å². The zero-order chi connectivity index (χ0) is 15.0. The number of aromatic amines is 1. The van der Waals surface area contributed by atoms with Crippen molar-refractivity contribution in [1.82, 2.24) is 10.3 Å². The first-order chi connectivity index (χ1) is 10.00. The van der Waals surface area contributed by atoms with Crippen LogP contribution in [0.1, 0.15) is 34.5 Å². The normalized spacial score (nSPS) is 15.5. The summed E-state index contributed by atoms with van der Waals surface area (Å²) in [6.07, 6.45) is 1.73. The van der Waals surface area contributed by atoms with Crippen LogP contribution in [0.4, 0.5) is 0 Å². The maximum Gasteiger partial charge on any atom is 0.260 e. The van der Waals surface area contributed by atoms with Gasteiger partial charge >= 0.3 is 0 Å². The average Bonchev–Trinajstić information content (AvgIpc) is 3.20. The number of rotatable bonds is 3. The van der Waals surface area contributed by atoms with Gasteiger partial charge in [0.05, 0.1) is 5.54 Å². The molecule has 2 aromatic rings. The molecule has 21 heavy (non-hydrogen) atoms. The highest BCUT2D eigenvalue weighted by molar-refractivity contribution is 6.30. The Morgan fingerprint density at radius 2 is 1.86 bits per heavy atom. The summed E-state index contributed by atoms with van der Waals surface area (Å²) in [6.45, 7) is 1.78. The molecule has 0 spiro atoms. The van der Waals surface area contributed by atoms with Crippen LogP contribution >= 0.6 is 11.6 Å². The van der Waals surface area contributed by atoms with Gasteiger partial charge in [-0.05, 0) is 49.6 Å². The predicted octanol–water partition coefficient (Wildman–Crippen LogP) is 2.76. The Balaban J connectivity index is 1.84. The number of pyridine rings is 1. The molecule has 0 unspecified atom stereocenters. The maximum atomic E-state index is 12.3. The van der Waals surface area contributed by atoms with Crippen LogP contribution in [-0.2, 0) is 5.54 Å². The molecule has 1 heterocycles. The monoisotopic (exact) mass is 302 g/mol. The molecule has 0 atom stereocenters. The topological polar surface area (TPSA) is 62.0 Å². The van der Waals surface area contributed by atoms with Crippen LogP contribution in [0.2, 0.25) is 5.02 Å². The fraction of sp³-hybridized carbons (Fsp3) is 0.250. The molecule has 1 aromatic heterocycles. The minimum atomic E-state index is -0.362. The molecule has 1 fully saturated rings. The molecule has 3 rings (SSSR count). The molecular weight excluding hydrogens is 288 g/mol. The Labute approximate surface area is 127 Å². The number of carbonyl (C=O) groups is 1. The lowest BCUT2D eigenvalue weighted by molar-refractivity contribution is 0.0929. The van der Waals surface area contributed by atoms with Crippen LogP contribution in [0.5, 0.6) is 0 Å². The first-order valence-electron chi connectivity index (χ1n) is 6.79. The van der Waals surface area contributed by atoms with Crippen molar-refractivity contribution >= 4 is 17.5 Å². The maximum absolute atomic E-state index is 12.3. The van der Waals surface area contributed by atoms with E-state index in [1.165, 1.54) is 0 Å². The number of hydrogen-bond acceptors (Lipinski definition) is 2. The third kappa shape index (κ3) is 2.72. The van der Waals surface area contributed by atoms with E-state index in [2.05, 4.69) is 10.3 Å². The Bertz CT molecular complexity index is 746. The molecule has 1 aromatic carbocycles. The molecule has 0 radical (unpaired) electrons. The third-order valence-electron chi connectivity index (χ3n) is 3.80. The van der Waals surface area contributed by atoms with Gasteiger partial charge in [0.2, 0.25) is 0 Å². The number of carbonyl (C=O) groups excluding carboxylic acids is 1. The molecule has 5 heteroatoms. The molecule has 0 bridgehead atoms. The fourth-order valence-corrected chi connectivity index (χ4v) is 2.54. The van der Waals surface area contributed by atoms with Crippen LogP contribution in [-0.4, -0.2) is 10.9 Å². The fourth-order valence-electron chi connectivity index (χ4n) is 2.42. The summed E-state index contributed by atoms with van der Waals surface area (Å²) in [5.41, 5.74) is 1.17. The number of aromatic nitrogens is 1. The molecule has 4 nitrogen and oxygen atoms in total. The van der Waals surface area contributed by atoms with Gasteiger partial charge in [0.1, 0.15) is 5.56 Å². The van der Waals surface area contributed by atoms with Crippen molar-refractivity contribution in [3.63, 3.8) is 0 Å². The van der Waals surface area contributed by atoms with E-state index in [9.17, 15) is 9.59 Å². The lowest BCUT2D eigenvalue weighted by Gasteiger charge is -2.18. The molecule has 2 N–H and O–H groups in total. The molecule has 1 aliphatic carbocycles. The smallest absolute Gasteiger partial charge is 0.260 e. The van der Waals surface area contributed by atoms with Crippen molar-refractivity contribution in [1.29, 1.82) is 0 Å².